The zero-order valence-corrected chi connectivity index (χ0v) is 8.80. The number of aryl methyl sites for hydroxylation is 2. The number of halogens is 1. The van der Waals surface area contributed by atoms with Gasteiger partial charge in [-0.25, -0.2) is 0 Å². The minimum absolute atomic E-state index is 0.434. The average Bonchev–Trinajstić information content (AvgIpc) is 2.48. The van der Waals surface area contributed by atoms with E-state index >= 15 is 0 Å². The van der Waals surface area contributed by atoms with E-state index in [-0.39, 0.29) is 0 Å². The topological polar surface area (TPSA) is 26.0 Å². The third-order valence-electron chi connectivity index (χ3n) is 2.12. The van der Waals surface area contributed by atoms with Crippen LogP contribution in [0.1, 0.15) is 11.3 Å². The number of hydrogen-bond acceptors (Lipinski definition) is 2. The SMILES string of the molecule is Cc1ccccc1-c1nc(Cl)c(C)o1. The zero-order valence-electron chi connectivity index (χ0n) is 8.04. The van der Waals surface area contributed by atoms with Crippen LogP contribution in [0.5, 0.6) is 0 Å². The van der Waals surface area contributed by atoms with Crippen LogP contribution in [0.25, 0.3) is 11.5 Å². The van der Waals surface area contributed by atoms with Crippen molar-refractivity contribution in [2.24, 2.45) is 0 Å². The van der Waals surface area contributed by atoms with Crippen LogP contribution in [0.2, 0.25) is 5.15 Å². The standard InChI is InChI=1S/C11H10ClNO/c1-7-5-3-4-6-9(7)11-13-10(12)8(2)14-11/h3-6H,1-2H3. The average molecular weight is 208 g/mol. The van der Waals surface area contributed by atoms with E-state index < -0.39 is 0 Å². The Labute approximate surface area is 87.5 Å². The largest absolute Gasteiger partial charge is 0.440 e. The van der Waals surface area contributed by atoms with Crippen molar-refractivity contribution in [2.75, 3.05) is 0 Å². The second-order valence-corrected chi connectivity index (χ2v) is 3.54. The molecule has 0 spiro atoms. The molecule has 0 fully saturated rings. The van der Waals surface area contributed by atoms with Crippen molar-refractivity contribution in [1.29, 1.82) is 0 Å². The molecule has 0 radical (unpaired) electrons. The van der Waals surface area contributed by atoms with Crippen molar-refractivity contribution in [3.8, 4) is 11.5 Å². The van der Waals surface area contributed by atoms with E-state index in [1.807, 2.05) is 31.2 Å². The summed E-state index contributed by atoms with van der Waals surface area (Å²) in [4.78, 5) is 4.14. The molecule has 3 heteroatoms. The molecule has 0 N–H and O–H groups in total. The minimum atomic E-state index is 0.434. The maximum Gasteiger partial charge on any atom is 0.228 e. The molecular formula is C11H10ClNO. The van der Waals surface area contributed by atoms with Gasteiger partial charge in [0.25, 0.3) is 0 Å². The summed E-state index contributed by atoms with van der Waals surface area (Å²) in [5.74, 6) is 1.25. The Morgan fingerprint density at radius 3 is 2.50 bits per heavy atom. The third-order valence-corrected chi connectivity index (χ3v) is 2.47. The summed E-state index contributed by atoms with van der Waals surface area (Å²) in [6.07, 6.45) is 0. The minimum Gasteiger partial charge on any atom is -0.440 e. The van der Waals surface area contributed by atoms with Gasteiger partial charge in [-0.2, -0.15) is 4.98 Å². The van der Waals surface area contributed by atoms with Crippen LogP contribution in [0.4, 0.5) is 0 Å². The highest BCUT2D eigenvalue weighted by molar-refractivity contribution is 6.30. The summed E-state index contributed by atoms with van der Waals surface area (Å²) in [6.45, 7) is 3.82. The fraction of sp³-hybridized carbons (Fsp3) is 0.182. The maximum absolute atomic E-state index is 5.83. The second kappa shape index (κ2) is 3.46. The van der Waals surface area contributed by atoms with E-state index in [4.69, 9.17) is 16.0 Å². The van der Waals surface area contributed by atoms with Crippen LogP contribution in [-0.4, -0.2) is 4.98 Å². The van der Waals surface area contributed by atoms with E-state index in [1.54, 1.807) is 6.92 Å². The lowest BCUT2D eigenvalue weighted by atomic mass is 10.1. The molecule has 0 aliphatic rings. The van der Waals surface area contributed by atoms with E-state index in [0.717, 1.165) is 11.1 Å². The first-order valence-electron chi connectivity index (χ1n) is 4.37. The molecule has 1 aromatic carbocycles. The van der Waals surface area contributed by atoms with Crippen LogP contribution >= 0.6 is 11.6 Å². The molecule has 2 rings (SSSR count). The molecule has 2 nitrogen and oxygen atoms in total. The molecule has 0 unspecified atom stereocenters. The number of benzene rings is 1. The Kier molecular flexibility index (Phi) is 2.30. The van der Waals surface area contributed by atoms with Gasteiger partial charge in [0.2, 0.25) is 5.89 Å². The second-order valence-electron chi connectivity index (χ2n) is 3.18. The summed E-state index contributed by atoms with van der Waals surface area (Å²) in [5.41, 5.74) is 2.12. The van der Waals surface area contributed by atoms with Crippen molar-refractivity contribution in [3.63, 3.8) is 0 Å². The first-order chi connectivity index (χ1) is 6.68. The molecule has 0 bridgehead atoms. The van der Waals surface area contributed by atoms with Gasteiger partial charge in [-0.15, -0.1) is 0 Å². The maximum atomic E-state index is 5.83. The molecular weight excluding hydrogens is 198 g/mol. The Bertz CT molecular complexity index is 443. The van der Waals surface area contributed by atoms with Crippen LogP contribution in [0, 0.1) is 13.8 Å². The third kappa shape index (κ3) is 1.53. The van der Waals surface area contributed by atoms with E-state index in [0.29, 0.717) is 16.8 Å². The fourth-order valence-electron chi connectivity index (χ4n) is 1.31. The van der Waals surface area contributed by atoms with Gasteiger partial charge in [-0.05, 0) is 25.5 Å². The number of nitrogens with zero attached hydrogens (tertiary/aromatic N) is 1. The zero-order chi connectivity index (χ0) is 10.1. The lowest BCUT2D eigenvalue weighted by Crippen LogP contribution is -1.81. The van der Waals surface area contributed by atoms with Gasteiger partial charge in [-0.3, -0.25) is 0 Å². The summed E-state index contributed by atoms with van der Waals surface area (Å²) in [7, 11) is 0. The van der Waals surface area contributed by atoms with Gasteiger partial charge in [0.1, 0.15) is 5.76 Å². The fourth-order valence-corrected chi connectivity index (χ4v) is 1.42. The van der Waals surface area contributed by atoms with Gasteiger partial charge >= 0.3 is 0 Å². The molecule has 1 heterocycles. The smallest absolute Gasteiger partial charge is 0.228 e. The number of rotatable bonds is 1. The van der Waals surface area contributed by atoms with E-state index in [2.05, 4.69) is 4.98 Å². The van der Waals surface area contributed by atoms with E-state index in [9.17, 15) is 0 Å². The predicted molar refractivity (Wildman–Crippen MR) is 56.4 cm³/mol. The molecule has 0 amide bonds. The van der Waals surface area contributed by atoms with Crippen molar-refractivity contribution in [1.82, 2.24) is 4.98 Å². The highest BCUT2D eigenvalue weighted by Gasteiger charge is 2.10. The molecule has 72 valence electrons. The van der Waals surface area contributed by atoms with Gasteiger partial charge in [-0.1, -0.05) is 29.8 Å². The Balaban J connectivity index is 2.55. The van der Waals surface area contributed by atoms with Crippen molar-refractivity contribution < 1.29 is 4.42 Å². The first-order valence-corrected chi connectivity index (χ1v) is 4.75. The quantitative estimate of drug-likeness (QED) is 0.714. The molecule has 14 heavy (non-hydrogen) atoms. The van der Waals surface area contributed by atoms with Gasteiger partial charge < -0.3 is 4.42 Å². The normalized spacial score (nSPS) is 10.5. The predicted octanol–water partition coefficient (Wildman–Crippen LogP) is 3.61. The number of oxazole rings is 1. The molecule has 1 aromatic heterocycles. The Morgan fingerprint density at radius 1 is 1.21 bits per heavy atom. The van der Waals surface area contributed by atoms with Crippen LogP contribution in [-0.2, 0) is 0 Å². The highest BCUT2D eigenvalue weighted by Crippen LogP contribution is 2.26. The summed E-state index contributed by atoms with van der Waals surface area (Å²) in [6, 6.07) is 7.92. The summed E-state index contributed by atoms with van der Waals surface area (Å²) in [5, 5.41) is 0.434. The monoisotopic (exact) mass is 207 g/mol. The summed E-state index contributed by atoms with van der Waals surface area (Å²) < 4.78 is 5.44. The van der Waals surface area contributed by atoms with Crippen LogP contribution in [0.3, 0.4) is 0 Å². The lowest BCUT2D eigenvalue weighted by Gasteiger charge is -1.98. The Hall–Kier alpha value is -1.28. The highest BCUT2D eigenvalue weighted by atomic mass is 35.5. The molecule has 0 saturated heterocycles. The van der Waals surface area contributed by atoms with Gasteiger partial charge in [0.15, 0.2) is 5.15 Å². The van der Waals surface area contributed by atoms with Crippen molar-refractivity contribution >= 4 is 11.6 Å². The Morgan fingerprint density at radius 2 is 1.93 bits per heavy atom. The van der Waals surface area contributed by atoms with Crippen molar-refractivity contribution in [2.45, 2.75) is 13.8 Å². The van der Waals surface area contributed by atoms with Gasteiger partial charge in [0, 0.05) is 5.56 Å². The number of aromatic nitrogens is 1. The lowest BCUT2D eigenvalue weighted by molar-refractivity contribution is 0.542. The summed E-state index contributed by atoms with van der Waals surface area (Å²) >= 11 is 5.83. The van der Waals surface area contributed by atoms with E-state index in [1.165, 1.54) is 0 Å². The molecule has 0 atom stereocenters. The molecule has 2 aromatic rings. The van der Waals surface area contributed by atoms with Gasteiger partial charge in [0.05, 0.1) is 0 Å². The number of hydrogen-bond donors (Lipinski definition) is 0. The molecule has 0 aliphatic heterocycles. The van der Waals surface area contributed by atoms with Crippen LogP contribution < -0.4 is 0 Å². The van der Waals surface area contributed by atoms with Crippen molar-refractivity contribution in [3.05, 3.63) is 40.7 Å². The molecule has 0 aliphatic carbocycles. The molecule has 0 saturated carbocycles. The van der Waals surface area contributed by atoms with Crippen LogP contribution in [0.15, 0.2) is 28.7 Å². The first kappa shape index (κ1) is 9.28.